The molecule has 0 saturated carbocycles. The molecule has 0 fully saturated rings. The molecule has 2 N–H and O–H groups in total. The van der Waals surface area contributed by atoms with Gasteiger partial charge in [-0.25, -0.2) is 0 Å². The van der Waals surface area contributed by atoms with E-state index < -0.39 is 11.3 Å². The number of hydrogen-bond acceptors (Lipinski definition) is 6. The molecule has 0 unspecified atom stereocenters. The Hall–Kier alpha value is -3.92. The number of nitrogens with zero attached hydrogens (tertiary/aromatic N) is 3. The van der Waals surface area contributed by atoms with Gasteiger partial charge in [0.25, 0.3) is 0 Å². The predicted octanol–water partition coefficient (Wildman–Crippen LogP) is 5.52. The van der Waals surface area contributed by atoms with Crippen LogP contribution in [0, 0.1) is 45.3 Å². The Morgan fingerprint density at radius 3 is 2.50 bits per heavy atom. The molecule has 7 heteroatoms. The molecule has 0 aliphatic heterocycles. The Morgan fingerprint density at radius 1 is 1.12 bits per heavy atom. The molecule has 0 radical (unpaired) electrons. The summed E-state index contributed by atoms with van der Waals surface area (Å²) in [6.45, 7) is 0.222. The SMILES string of the molecule is COc1ccc([C@@H]2[C@@H]3CCCC=C3C(C#N)=C(N)C2(C#N)C#N)cc1COc1ccc(Cl)cc1. The van der Waals surface area contributed by atoms with Gasteiger partial charge in [-0.1, -0.05) is 23.7 Å². The van der Waals surface area contributed by atoms with Crippen molar-refractivity contribution < 1.29 is 9.47 Å². The van der Waals surface area contributed by atoms with Crippen LogP contribution in [0.3, 0.4) is 0 Å². The van der Waals surface area contributed by atoms with Crippen molar-refractivity contribution >= 4 is 11.6 Å². The van der Waals surface area contributed by atoms with Gasteiger partial charge in [-0.3, -0.25) is 0 Å². The fraction of sp³-hybridized carbons (Fsp3) is 0.296. The summed E-state index contributed by atoms with van der Waals surface area (Å²) in [6, 6.07) is 19.2. The Balaban J connectivity index is 1.80. The van der Waals surface area contributed by atoms with Gasteiger partial charge in [0.15, 0.2) is 5.41 Å². The minimum absolute atomic E-state index is 0.0317. The summed E-state index contributed by atoms with van der Waals surface area (Å²) in [5.41, 5.74) is 7.43. The summed E-state index contributed by atoms with van der Waals surface area (Å²) < 4.78 is 11.5. The average Bonchev–Trinajstić information content (AvgIpc) is 2.87. The van der Waals surface area contributed by atoms with Crippen molar-refractivity contribution in [2.75, 3.05) is 7.11 Å². The van der Waals surface area contributed by atoms with Gasteiger partial charge in [-0.05, 0) is 72.7 Å². The first kappa shape index (κ1) is 23.2. The van der Waals surface area contributed by atoms with Crippen LogP contribution in [0.15, 0.2) is 65.4 Å². The third kappa shape index (κ3) is 3.86. The van der Waals surface area contributed by atoms with Gasteiger partial charge in [-0.15, -0.1) is 0 Å². The van der Waals surface area contributed by atoms with E-state index in [1.165, 1.54) is 0 Å². The summed E-state index contributed by atoms with van der Waals surface area (Å²) in [7, 11) is 1.58. The van der Waals surface area contributed by atoms with Crippen molar-refractivity contribution in [1.29, 1.82) is 15.8 Å². The normalized spacial score (nSPS) is 20.7. The lowest BCUT2D eigenvalue weighted by Gasteiger charge is -2.43. The molecular formula is C27H23ClN4O2. The fourth-order valence-electron chi connectivity index (χ4n) is 5.05. The summed E-state index contributed by atoms with van der Waals surface area (Å²) in [4.78, 5) is 0. The van der Waals surface area contributed by atoms with Gasteiger partial charge in [0.2, 0.25) is 0 Å². The molecule has 4 rings (SSSR count). The fourth-order valence-corrected chi connectivity index (χ4v) is 5.17. The maximum Gasteiger partial charge on any atom is 0.191 e. The first-order valence-electron chi connectivity index (χ1n) is 11.0. The monoisotopic (exact) mass is 470 g/mol. The smallest absolute Gasteiger partial charge is 0.191 e. The quantitative estimate of drug-likeness (QED) is 0.614. The average molecular weight is 471 g/mol. The van der Waals surface area contributed by atoms with Crippen molar-refractivity contribution in [3.05, 3.63) is 81.5 Å². The second-order valence-corrected chi connectivity index (χ2v) is 8.86. The van der Waals surface area contributed by atoms with Crippen molar-refractivity contribution in [2.24, 2.45) is 17.1 Å². The zero-order chi connectivity index (χ0) is 24.3. The van der Waals surface area contributed by atoms with Crippen LogP contribution in [0.4, 0.5) is 0 Å². The maximum atomic E-state index is 10.2. The molecule has 0 heterocycles. The first-order chi connectivity index (χ1) is 16.5. The molecule has 170 valence electrons. The van der Waals surface area contributed by atoms with Crippen LogP contribution in [0.2, 0.25) is 5.02 Å². The van der Waals surface area contributed by atoms with Crippen LogP contribution in [0.25, 0.3) is 0 Å². The first-order valence-corrected chi connectivity index (χ1v) is 11.3. The standard InChI is InChI=1S/C27H23ClN4O2/c1-33-24-11-6-17(12-18(24)14-34-20-9-7-19(28)8-10-20)25-22-5-3-2-4-21(22)23(13-29)26(32)27(25,15-30)16-31/h4,6-12,22,25H,2-3,5,14,32H2,1H3/t22-,25-/m1/s1. The van der Waals surface area contributed by atoms with Crippen LogP contribution in [-0.2, 0) is 6.61 Å². The number of fused-ring (bicyclic) bond motifs is 1. The van der Waals surface area contributed by atoms with E-state index in [0.29, 0.717) is 16.5 Å². The van der Waals surface area contributed by atoms with Crippen molar-refractivity contribution in [3.8, 4) is 29.7 Å². The topological polar surface area (TPSA) is 116 Å². The van der Waals surface area contributed by atoms with E-state index in [0.717, 1.165) is 36.0 Å². The lowest BCUT2D eigenvalue weighted by atomic mass is 9.56. The number of benzene rings is 2. The number of hydrogen-bond donors (Lipinski definition) is 1. The zero-order valence-corrected chi connectivity index (χ0v) is 19.5. The molecule has 6 nitrogen and oxygen atoms in total. The Kier molecular flexibility index (Phi) is 6.51. The molecule has 34 heavy (non-hydrogen) atoms. The van der Waals surface area contributed by atoms with Gasteiger partial charge in [0.1, 0.15) is 24.2 Å². The Labute approximate surface area is 204 Å². The van der Waals surface area contributed by atoms with Crippen molar-refractivity contribution in [1.82, 2.24) is 0 Å². The van der Waals surface area contributed by atoms with Crippen LogP contribution in [0.5, 0.6) is 11.5 Å². The highest BCUT2D eigenvalue weighted by Gasteiger charge is 2.53. The van der Waals surface area contributed by atoms with Crippen molar-refractivity contribution in [2.45, 2.75) is 31.8 Å². The molecule has 0 bridgehead atoms. The van der Waals surface area contributed by atoms with Gasteiger partial charge in [-0.2, -0.15) is 15.8 Å². The predicted molar refractivity (Wildman–Crippen MR) is 127 cm³/mol. The highest BCUT2D eigenvalue weighted by atomic mass is 35.5. The highest BCUT2D eigenvalue weighted by Crippen LogP contribution is 2.56. The van der Waals surface area contributed by atoms with E-state index >= 15 is 0 Å². The van der Waals surface area contributed by atoms with Gasteiger partial charge in [0, 0.05) is 16.5 Å². The summed E-state index contributed by atoms with van der Waals surface area (Å²) in [5.74, 6) is 0.606. The third-order valence-corrected chi connectivity index (χ3v) is 6.92. The number of halogens is 1. The highest BCUT2D eigenvalue weighted by molar-refractivity contribution is 6.30. The molecule has 2 aromatic carbocycles. The minimum Gasteiger partial charge on any atom is -0.496 e. The van der Waals surface area contributed by atoms with Crippen LogP contribution >= 0.6 is 11.6 Å². The van der Waals surface area contributed by atoms with E-state index in [4.69, 9.17) is 26.8 Å². The van der Waals surface area contributed by atoms with Gasteiger partial charge in [0.05, 0.1) is 30.5 Å². The van der Waals surface area contributed by atoms with Crippen LogP contribution in [-0.4, -0.2) is 7.11 Å². The Morgan fingerprint density at radius 2 is 1.85 bits per heavy atom. The van der Waals surface area contributed by atoms with Gasteiger partial charge < -0.3 is 15.2 Å². The zero-order valence-electron chi connectivity index (χ0n) is 18.7. The molecule has 2 aliphatic rings. The molecule has 0 saturated heterocycles. The number of nitrogens with two attached hydrogens (primary N) is 1. The third-order valence-electron chi connectivity index (χ3n) is 6.67. The summed E-state index contributed by atoms with van der Waals surface area (Å²) in [5, 5.41) is 30.8. The van der Waals surface area contributed by atoms with Gasteiger partial charge >= 0.3 is 0 Å². The molecule has 0 amide bonds. The molecule has 2 aromatic rings. The number of methoxy groups -OCH3 is 1. The summed E-state index contributed by atoms with van der Waals surface area (Å²) in [6.07, 6.45) is 4.55. The number of rotatable bonds is 5. The van der Waals surface area contributed by atoms with Crippen LogP contribution < -0.4 is 15.2 Å². The Bertz CT molecular complexity index is 1280. The molecule has 0 spiro atoms. The molecular weight excluding hydrogens is 448 g/mol. The number of ether oxygens (including phenoxy) is 2. The van der Waals surface area contributed by atoms with Crippen molar-refractivity contribution in [3.63, 3.8) is 0 Å². The second-order valence-electron chi connectivity index (χ2n) is 8.42. The summed E-state index contributed by atoms with van der Waals surface area (Å²) >= 11 is 5.96. The second kappa shape index (κ2) is 9.52. The van der Waals surface area contributed by atoms with E-state index in [-0.39, 0.29) is 23.8 Å². The van der Waals surface area contributed by atoms with E-state index in [1.807, 2.05) is 24.3 Å². The maximum absolute atomic E-state index is 10.2. The lowest BCUT2D eigenvalue weighted by molar-refractivity contribution is 0.294. The number of nitriles is 3. The minimum atomic E-state index is -1.65. The largest absolute Gasteiger partial charge is 0.496 e. The molecule has 0 aromatic heterocycles. The van der Waals surface area contributed by atoms with Crippen LogP contribution in [0.1, 0.15) is 36.3 Å². The number of allylic oxidation sites excluding steroid dienone is 4. The van der Waals surface area contributed by atoms with E-state index in [9.17, 15) is 15.8 Å². The molecule has 2 atom stereocenters. The molecule has 2 aliphatic carbocycles. The lowest BCUT2D eigenvalue weighted by Crippen LogP contribution is -2.42. The van der Waals surface area contributed by atoms with E-state index in [2.05, 4.69) is 18.2 Å². The van der Waals surface area contributed by atoms with E-state index in [1.54, 1.807) is 31.4 Å².